The van der Waals surface area contributed by atoms with Gasteiger partial charge < -0.3 is 10.1 Å². The Morgan fingerprint density at radius 1 is 1.25 bits per heavy atom. The summed E-state index contributed by atoms with van der Waals surface area (Å²) in [5.41, 5.74) is 1.33. The zero-order valence-electron chi connectivity index (χ0n) is 13.1. The largest absolute Gasteiger partial charge is 0.495 e. The molecule has 1 aromatic heterocycles. The van der Waals surface area contributed by atoms with E-state index in [-0.39, 0.29) is 5.91 Å². The van der Waals surface area contributed by atoms with E-state index in [1.165, 1.54) is 0 Å². The summed E-state index contributed by atoms with van der Waals surface area (Å²) in [4.78, 5) is 17.1. The number of nitrogens with one attached hydrogen (secondary N) is 1. The zero-order chi connectivity index (χ0) is 17.3. The minimum Gasteiger partial charge on any atom is -0.495 e. The third kappa shape index (κ3) is 3.25. The Hall–Kier alpha value is -1.67. The molecule has 6 heteroatoms. The van der Waals surface area contributed by atoms with Crippen LogP contribution in [0.2, 0.25) is 0 Å². The summed E-state index contributed by atoms with van der Waals surface area (Å²) in [6, 6.07) is 13.4. The van der Waals surface area contributed by atoms with Crippen molar-refractivity contribution in [3.05, 3.63) is 61.8 Å². The van der Waals surface area contributed by atoms with Gasteiger partial charge in [-0.1, -0.05) is 24.3 Å². The third-order valence-corrected chi connectivity index (χ3v) is 5.58. The highest BCUT2D eigenvalue weighted by Crippen LogP contribution is 2.36. The number of ether oxygens (including phenoxy) is 1. The maximum absolute atomic E-state index is 12.7. The van der Waals surface area contributed by atoms with Crippen LogP contribution in [-0.2, 0) is 0 Å². The third-order valence-electron chi connectivity index (χ3n) is 3.65. The second kappa shape index (κ2) is 7.06. The van der Waals surface area contributed by atoms with Crippen molar-refractivity contribution in [2.24, 2.45) is 0 Å². The topological polar surface area (TPSA) is 51.2 Å². The molecule has 0 saturated carbocycles. The van der Waals surface area contributed by atoms with Crippen LogP contribution in [0.3, 0.4) is 0 Å². The Bertz CT molecular complexity index is 944. The molecule has 0 saturated heterocycles. The molecule has 0 aliphatic rings. The number of anilines is 1. The van der Waals surface area contributed by atoms with Gasteiger partial charge in [-0.05, 0) is 74.4 Å². The molecule has 0 spiro atoms. The van der Waals surface area contributed by atoms with E-state index in [1.54, 1.807) is 13.2 Å². The highest BCUT2D eigenvalue weighted by atomic mass is 127. The highest BCUT2D eigenvalue weighted by molar-refractivity contribution is 14.1. The molecule has 0 bridgehead atoms. The standard InChI is InChI=1S/C18H14BrIN2O2/c1-10-14(20)7-8-15(21-10)22-18(23)13-9-11-5-3-4-6-12(11)16(19)17(13)24-2/h3-9H,1-2H3,(H,21,22,23). The number of hydrogen-bond donors (Lipinski definition) is 1. The first-order chi connectivity index (χ1) is 11.5. The molecule has 0 radical (unpaired) electrons. The van der Waals surface area contributed by atoms with E-state index in [0.717, 1.165) is 24.5 Å². The molecular weight excluding hydrogens is 483 g/mol. The molecule has 0 aliphatic carbocycles. The SMILES string of the molecule is COc1c(C(=O)Nc2ccc(I)c(C)n2)cc2ccccc2c1Br. The maximum Gasteiger partial charge on any atom is 0.260 e. The Balaban J connectivity index is 2.04. The predicted octanol–water partition coefficient (Wildman–Crippen LogP) is 5.17. The summed E-state index contributed by atoms with van der Waals surface area (Å²) in [6.07, 6.45) is 0. The fourth-order valence-electron chi connectivity index (χ4n) is 2.45. The number of carbonyl (C=O) groups excluding carboxylic acids is 1. The first kappa shape index (κ1) is 17.2. The van der Waals surface area contributed by atoms with Crippen molar-refractivity contribution in [2.75, 3.05) is 12.4 Å². The minimum absolute atomic E-state index is 0.258. The molecule has 1 amide bonds. The van der Waals surface area contributed by atoms with Gasteiger partial charge in [0.05, 0.1) is 22.8 Å². The van der Waals surface area contributed by atoms with Crippen molar-refractivity contribution >= 4 is 61.0 Å². The summed E-state index contributed by atoms with van der Waals surface area (Å²) >= 11 is 5.76. The average Bonchev–Trinajstić information content (AvgIpc) is 2.58. The van der Waals surface area contributed by atoms with Crippen LogP contribution < -0.4 is 10.1 Å². The monoisotopic (exact) mass is 496 g/mol. The van der Waals surface area contributed by atoms with Gasteiger partial charge in [0.25, 0.3) is 5.91 Å². The zero-order valence-corrected chi connectivity index (χ0v) is 16.8. The summed E-state index contributed by atoms with van der Waals surface area (Å²) in [5.74, 6) is 0.768. The van der Waals surface area contributed by atoms with Gasteiger partial charge >= 0.3 is 0 Å². The normalized spacial score (nSPS) is 10.7. The Kier molecular flexibility index (Phi) is 5.05. The van der Waals surface area contributed by atoms with Gasteiger partial charge in [0.15, 0.2) is 0 Å². The number of nitrogens with zero attached hydrogens (tertiary/aromatic N) is 1. The fourth-order valence-corrected chi connectivity index (χ4v) is 3.49. The number of aryl methyl sites for hydroxylation is 1. The quantitative estimate of drug-likeness (QED) is 0.509. The molecule has 0 unspecified atom stereocenters. The lowest BCUT2D eigenvalue weighted by atomic mass is 10.1. The van der Waals surface area contributed by atoms with Crippen LogP contribution in [0.15, 0.2) is 46.9 Å². The van der Waals surface area contributed by atoms with Gasteiger partial charge in [-0.25, -0.2) is 4.98 Å². The smallest absolute Gasteiger partial charge is 0.260 e. The second-order valence-corrected chi connectivity index (χ2v) is 7.17. The molecule has 3 rings (SSSR count). The molecule has 0 atom stereocenters. The first-order valence-corrected chi connectivity index (χ1v) is 9.08. The van der Waals surface area contributed by atoms with Crippen LogP contribution in [0.4, 0.5) is 5.82 Å². The summed E-state index contributed by atoms with van der Waals surface area (Å²) in [7, 11) is 1.55. The van der Waals surface area contributed by atoms with E-state index < -0.39 is 0 Å². The van der Waals surface area contributed by atoms with Gasteiger partial charge in [-0.3, -0.25) is 4.79 Å². The summed E-state index contributed by atoms with van der Waals surface area (Å²) in [5, 5.41) is 4.79. The van der Waals surface area contributed by atoms with Gasteiger partial charge in [0.1, 0.15) is 11.6 Å². The minimum atomic E-state index is -0.258. The molecule has 1 N–H and O–H groups in total. The lowest BCUT2D eigenvalue weighted by Gasteiger charge is -2.13. The molecule has 2 aromatic carbocycles. The molecule has 1 heterocycles. The molecule has 24 heavy (non-hydrogen) atoms. The van der Waals surface area contributed by atoms with Crippen LogP contribution in [0, 0.1) is 10.5 Å². The predicted molar refractivity (Wildman–Crippen MR) is 108 cm³/mol. The van der Waals surface area contributed by atoms with Crippen molar-refractivity contribution in [3.63, 3.8) is 0 Å². The fraction of sp³-hybridized carbons (Fsp3) is 0.111. The number of hydrogen-bond acceptors (Lipinski definition) is 3. The van der Waals surface area contributed by atoms with Gasteiger partial charge in [0.2, 0.25) is 0 Å². The van der Waals surface area contributed by atoms with E-state index in [9.17, 15) is 4.79 Å². The number of fused-ring (bicyclic) bond motifs is 1. The molecule has 122 valence electrons. The molecular formula is C18H14BrIN2O2. The van der Waals surface area contributed by atoms with Crippen molar-refractivity contribution in [2.45, 2.75) is 6.92 Å². The lowest BCUT2D eigenvalue weighted by molar-refractivity contribution is 0.102. The van der Waals surface area contributed by atoms with E-state index >= 15 is 0 Å². The van der Waals surface area contributed by atoms with Crippen LogP contribution >= 0.6 is 38.5 Å². The number of benzene rings is 2. The molecule has 0 aliphatic heterocycles. The van der Waals surface area contributed by atoms with Gasteiger partial charge in [-0.15, -0.1) is 0 Å². The van der Waals surface area contributed by atoms with Crippen LogP contribution in [0.25, 0.3) is 10.8 Å². The van der Waals surface area contributed by atoms with Crippen molar-refractivity contribution < 1.29 is 9.53 Å². The number of pyridine rings is 1. The van der Waals surface area contributed by atoms with E-state index in [4.69, 9.17) is 4.74 Å². The van der Waals surface area contributed by atoms with E-state index in [2.05, 4.69) is 48.8 Å². The number of aromatic nitrogens is 1. The van der Waals surface area contributed by atoms with Crippen molar-refractivity contribution in [3.8, 4) is 5.75 Å². The molecule has 0 fully saturated rings. The summed E-state index contributed by atoms with van der Waals surface area (Å²) < 4.78 is 7.27. The second-order valence-electron chi connectivity index (χ2n) is 5.21. The van der Waals surface area contributed by atoms with Crippen LogP contribution in [0.5, 0.6) is 5.75 Å². The average molecular weight is 497 g/mol. The number of carbonyl (C=O) groups is 1. The van der Waals surface area contributed by atoms with Crippen molar-refractivity contribution in [1.29, 1.82) is 0 Å². The van der Waals surface area contributed by atoms with Gasteiger partial charge in [-0.2, -0.15) is 0 Å². The number of amides is 1. The molecule has 3 aromatic rings. The highest BCUT2D eigenvalue weighted by Gasteiger charge is 2.18. The van der Waals surface area contributed by atoms with Crippen LogP contribution in [0.1, 0.15) is 16.1 Å². The van der Waals surface area contributed by atoms with Crippen molar-refractivity contribution in [1.82, 2.24) is 4.98 Å². The van der Waals surface area contributed by atoms with Gasteiger partial charge in [0, 0.05) is 3.57 Å². The molecule has 4 nitrogen and oxygen atoms in total. The first-order valence-electron chi connectivity index (χ1n) is 7.21. The Morgan fingerprint density at radius 3 is 2.71 bits per heavy atom. The van der Waals surface area contributed by atoms with Crippen LogP contribution in [-0.4, -0.2) is 18.0 Å². The number of halogens is 2. The Morgan fingerprint density at radius 2 is 2.00 bits per heavy atom. The number of methoxy groups -OCH3 is 1. The maximum atomic E-state index is 12.7. The van der Waals surface area contributed by atoms with E-state index in [0.29, 0.717) is 17.1 Å². The lowest BCUT2D eigenvalue weighted by Crippen LogP contribution is -2.15. The summed E-state index contributed by atoms with van der Waals surface area (Å²) in [6.45, 7) is 1.91. The number of rotatable bonds is 3. The Labute approximate surface area is 161 Å². The van der Waals surface area contributed by atoms with E-state index in [1.807, 2.05) is 43.3 Å².